The van der Waals surface area contributed by atoms with Crippen molar-refractivity contribution in [1.29, 1.82) is 0 Å². The summed E-state index contributed by atoms with van der Waals surface area (Å²) in [6.07, 6.45) is 0.622. The zero-order valence-electron chi connectivity index (χ0n) is 9.63. The number of carbonyl (C=O) groups excluding carboxylic acids is 1. The second-order valence-corrected chi connectivity index (χ2v) is 4.44. The fraction of sp³-hybridized carbons (Fsp3) is 0.818. The molecule has 2 aliphatic rings. The molecule has 2 rings (SSSR count). The van der Waals surface area contributed by atoms with Gasteiger partial charge in [-0.15, -0.1) is 0 Å². The minimum Gasteiger partial charge on any atom is -0.481 e. The van der Waals surface area contributed by atoms with Crippen molar-refractivity contribution in [2.75, 3.05) is 32.9 Å². The maximum Gasteiger partial charge on any atom is 0.308 e. The largest absolute Gasteiger partial charge is 0.481 e. The highest BCUT2D eigenvalue weighted by atomic mass is 16.6. The smallest absolute Gasteiger partial charge is 0.308 e. The van der Waals surface area contributed by atoms with E-state index in [1.807, 2.05) is 0 Å². The summed E-state index contributed by atoms with van der Waals surface area (Å²) in [6.45, 7) is 2.31. The molecule has 1 N–H and O–H groups in total. The average molecular weight is 243 g/mol. The van der Waals surface area contributed by atoms with E-state index < -0.39 is 11.9 Å². The lowest BCUT2D eigenvalue weighted by Crippen LogP contribution is -2.48. The molecule has 2 aliphatic heterocycles. The van der Waals surface area contributed by atoms with Crippen LogP contribution in [0.25, 0.3) is 0 Å². The zero-order valence-corrected chi connectivity index (χ0v) is 9.63. The van der Waals surface area contributed by atoms with Gasteiger partial charge < -0.3 is 19.5 Å². The van der Waals surface area contributed by atoms with Gasteiger partial charge in [0.2, 0.25) is 5.91 Å². The highest BCUT2D eigenvalue weighted by Gasteiger charge is 2.31. The molecule has 0 radical (unpaired) electrons. The number of likely N-dealkylation sites (tertiary alicyclic amines) is 1. The minimum absolute atomic E-state index is 0.0108. The lowest BCUT2D eigenvalue weighted by Gasteiger charge is -2.34. The quantitative estimate of drug-likeness (QED) is 0.738. The Labute approximate surface area is 99.5 Å². The van der Waals surface area contributed by atoms with E-state index >= 15 is 0 Å². The molecule has 0 aromatic rings. The summed E-state index contributed by atoms with van der Waals surface area (Å²) in [6, 6.07) is 0. The van der Waals surface area contributed by atoms with Crippen molar-refractivity contribution in [3.63, 3.8) is 0 Å². The van der Waals surface area contributed by atoms with E-state index in [9.17, 15) is 9.59 Å². The van der Waals surface area contributed by atoms with E-state index in [0.29, 0.717) is 39.2 Å². The molecule has 96 valence electrons. The number of nitrogens with zero attached hydrogens (tertiary/aromatic N) is 1. The molecule has 2 saturated heterocycles. The molecule has 0 aliphatic carbocycles. The SMILES string of the molecule is O=C(O)C1CCC(=O)N(CC2COCCO2)C1. The Bertz CT molecular complexity index is 300. The van der Waals surface area contributed by atoms with Crippen LogP contribution >= 0.6 is 0 Å². The van der Waals surface area contributed by atoms with Crippen LogP contribution in [0.5, 0.6) is 0 Å². The van der Waals surface area contributed by atoms with Crippen LogP contribution < -0.4 is 0 Å². The van der Waals surface area contributed by atoms with Crippen molar-refractivity contribution in [1.82, 2.24) is 4.90 Å². The lowest BCUT2D eigenvalue weighted by atomic mass is 9.97. The molecule has 2 heterocycles. The van der Waals surface area contributed by atoms with Crippen LogP contribution in [0.1, 0.15) is 12.8 Å². The maximum atomic E-state index is 11.7. The van der Waals surface area contributed by atoms with Crippen molar-refractivity contribution < 1.29 is 24.2 Å². The Morgan fingerprint density at radius 2 is 2.29 bits per heavy atom. The second kappa shape index (κ2) is 5.46. The number of ether oxygens (including phenoxy) is 2. The van der Waals surface area contributed by atoms with Crippen LogP contribution in [0.15, 0.2) is 0 Å². The van der Waals surface area contributed by atoms with Gasteiger partial charge >= 0.3 is 5.97 Å². The molecule has 2 fully saturated rings. The van der Waals surface area contributed by atoms with Gasteiger partial charge in [-0.3, -0.25) is 9.59 Å². The van der Waals surface area contributed by atoms with Crippen LogP contribution in [-0.4, -0.2) is 60.9 Å². The van der Waals surface area contributed by atoms with Crippen molar-refractivity contribution in [3.05, 3.63) is 0 Å². The first-order valence-corrected chi connectivity index (χ1v) is 5.86. The Hall–Kier alpha value is -1.14. The molecule has 17 heavy (non-hydrogen) atoms. The highest BCUT2D eigenvalue weighted by molar-refractivity contribution is 5.80. The van der Waals surface area contributed by atoms with E-state index in [2.05, 4.69) is 0 Å². The molecule has 6 nitrogen and oxygen atoms in total. The zero-order chi connectivity index (χ0) is 12.3. The minimum atomic E-state index is -0.830. The van der Waals surface area contributed by atoms with E-state index in [4.69, 9.17) is 14.6 Å². The second-order valence-electron chi connectivity index (χ2n) is 4.44. The molecule has 0 spiro atoms. The molecular formula is C11H17NO5. The van der Waals surface area contributed by atoms with Crippen molar-refractivity contribution in [2.45, 2.75) is 18.9 Å². The summed E-state index contributed by atoms with van der Waals surface area (Å²) < 4.78 is 10.7. The van der Waals surface area contributed by atoms with Gasteiger partial charge in [0.05, 0.1) is 31.8 Å². The number of carboxylic acids is 1. The van der Waals surface area contributed by atoms with Crippen molar-refractivity contribution in [3.8, 4) is 0 Å². The predicted octanol–water partition coefficient (Wildman–Crippen LogP) is -0.275. The Morgan fingerprint density at radius 1 is 1.47 bits per heavy atom. The van der Waals surface area contributed by atoms with Crippen LogP contribution in [-0.2, 0) is 19.1 Å². The number of piperidine rings is 1. The van der Waals surface area contributed by atoms with Gasteiger partial charge in [-0.05, 0) is 6.42 Å². The Morgan fingerprint density at radius 3 is 2.94 bits per heavy atom. The average Bonchev–Trinajstić information content (AvgIpc) is 2.33. The summed E-state index contributed by atoms with van der Waals surface area (Å²) in [5.41, 5.74) is 0. The number of hydrogen-bond acceptors (Lipinski definition) is 4. The Kier molecular flexibility index (Phi) is 3.96. The van der Waals surface area contributed by atoms with Crippen LogP contribution in [0.4, 0.5) is 0 Å². The topological polar surface area (TPSA) is 76.1 Å². The van der Waals surface area contributed by atoms with Gasteiger partial charge in [-0.1, -0.05) is 0 Å². The summed E-state index contributed by atoms with van der Waals surface area (Å²) in [4.78, 5) is 24.2. The molecule has 6 heteroatoms. The molecular weight excluding hydrogens is 226 g/mol. The number of amides is 1. The van der Waals surface area contributed by atoms with E-state index in [0.717, 1.165) is 0 Å². The number of rotatable bonds is 3. The molecule has 1 amide bonds. The predicted molar refractivity (Wildman–Crippen MR) is 57.5 cm³/mol. The number of aliphatic carboxylic acids is 1. The molecule has 0 aromatic carbocycles. The van der Waals surface area contributed by atoms with Gasteiger partial charge in [0.25, 0.3) is 0 Å². The third kappa shape index (κ3) is 3.17. The molecule has 0 saturated carbocycles. The van der Waals surface area contributed by atoms with Gasteiger partial charge in [0.1, 0.15) is 0 Å². The third-order valence-electron chi connectivity index (χ3n) is 3.16. The first-order valence-electron chi connectivity index (χ1n) is 5.86. The van der Waals surface area contributed by atoms with Crippen molar-refractivity contribution in [2.24, 2.45) is 5.92 Å². The number of carboxylic acid groups (broad SMARTS) is 1. The van der Waals surface area contributed by atoms with Gasteiger partial charge in [0.15, 0.2) is 0 Å². The van der Waals surface area contributed by atoms with E-state index in [1.165, 1.54) is 0 Å². The fourth-order valence-electron chi connectivity index (χ4n) is 2.18. The van der Waals surface area contributed by atoms with E-state index in [1.54, 1.807) is 4.90 Å². The highest BCUT2D eigenvalue weighted by Crippen LogP contribution is 2.18. The monoisotopic (exact) mass is 243 g/mol. The van der Waals surface area contributed by atoms with E-state index in [-0.39, 0.29) is 18.6 Å². The van der Waals surface area contributed by atoms with Gasteiger partial charge in [-0.25, -0.2) is 0 Å². The first kappa shape index (κ1) is 12.3. The normalized spacial score (nSPS) is 30.4. The van der Waals surface area contributed by atoms with Crippen LogP contribution in [0.3, 0.4) is 0 Å². The van der Waals surface area contributed by atoms with Crippen LogP contribution in [0.2, 0.25) is 0 Å². The standard InChI is InChI=1S/C11H17NO5/c13-10-2-1-8(11(14)15)5-12(10)6-9-7-16-3-4-17-9/h8-9H,1-7H2,(H,14,15). The molecule has 0 bridgehead atoms. The molecule has 0 aromatic heterocycles. The summed E-state index contributed by atoms with van der Waals surface area (Å²) >= 11 is 0. The summed E-state index contributed by atoms with van der Waals surface area (Å²) in [7, 11) is 0. The maximum absolute atomic E-state index is 11.7. The van der Waals surface area contributed by atoms with Crippen molar-refractivity contribution >= 4 is 11.9 Å². The number of carbonyl (C=O) groups is 2. The fourth-order valence-corrected chi connectivity index (χ4v) is 2.18. The summed E-state index contributed by atoms with van der Waals surface area (Å²) in [5.74, 6) is -1.27. The Balaban J connectivity index is 1.88. The molecule has 2 atom stereocenters. The van der Waals surface area contributed by atoms with Crippen LogP contribution in [0, 0.1) is 5.92 Å². The summed E-state index contributed by atoms with van der Waals surface area (Å²) in [5, 5.41) is 8.95. The van der Waals surface area contributed by atoms with Gasteiger partial charge in [0, 0.05) is 19.5 Å². The van der Waals surface area contributed by atoms with Gasteiger partial charge in [-0.2, -0.15) is 0 Å². The third-order valence-corrected chi connectivity index (χ3v) is 3.16. The molecule has 2 unspecified atom stereocenters. The lowest BCUT2D eigenvalue weighted by molar-refractivity contribution is -0.151. The number of hydrogen-bond donors (Lipinski definition) is 1. The first-order chi connectivity index (χ1) is 8.16.